The summed E-state index contributed by atoms with van der Waals surface area (Å²) in [6.45, 7) is 2.69. The molecule has 1 aliphatic rings. The molecule has 1 aromatic heterocycles. The highest BCUT2D eigenvalue weighted by molar-refractivity contribution is 5.78. The molecule has 0 spiro atoms. The molecule has 2 aromatic rings. The minimum absolute atomic E-state index is 0.0240. The molecule has 0 saturated carbocycles. The van der Waals surface area contributed by atoms with Crippen LogP contribution in [-0.2, 0) is 11.3 Å². The van der Waals surface area contributed by atoms with Crippen molar-refractivity contribution in [3.8, 4) is 0 Å². The van der Waals surface area contributed by atoms with Crippen LogP contribution < -0.4 is 10.9 Å². The van der Waals surface area contributed by atoms with Gasteiger partial charge >= 0.3 is 0 Å². The van der Waals surface area contributed by atoms with Crippen molar-refractivity contribution >= 4 is 10.9 Å². The molecule has 0 amide bonds. The number of aromatic amines is 1. The van der Waals surface area contributed by atoms with E-state index in [0.717, 1.165) is 11.9 Å². The molecule has 3 rings (SSSR count). The third kappa shape index (κ3) is 3.34. The van der Waals surface area contributed by atoms with Gasteiger partial charge in [-0.25, -0.2) is 4.39 Å². The number of ether oxygens (including phenoxy) is 1. The third-order valence-electron chi connectivity index (χ3n) is 4.70. The number of nitrogens with one attached hydrogen (secondary N) is 2. The highest BCUT2D eigenvalue weighted by Gasteiger charge is 2.36. The lowest BCUT2D eigenvalue weighted by Crippen LogP contribution is -2.62. The van der Waals surface area contributed by atoms with Gasteiger partial charge in [0.2, 0.25) is 0 Å². The predicted molar refractivity (Wildman–Crippen MR) is 89.5 cm³/mol. The van der Waals surface area contributed by atoms with Crippen molar-refractivity contribution < 1.29 is 14.2 Å². The quantitative estimate of drug-likeness (QED) is 0.740. The molecule has 1 aromatic carbocycles. The summed E-state index contributed by atoms with van der Waals surface area (Å²) in [5.74, 6) is -0.380. The zero-order valence-electron chi connectivity index (χ0n) is 13.6. The van der Waals surface area contributed by atoms with Crippen LogP contribution in [0.4, 0.5) is 4.39 Å². The van der Waals surface area contributed by atoms with Gasteiger partial charge in [-0.05, 0) is 36.7 Å². The lowest BCUT2D eigenvalue weighted by molar-refractivity contribution is -0.0784. The summed E-state index contributed by atoms with van der Waals surface area (Å²) >= 11 is 0. The second kappa shape index (κ2) is 6.98. The fourth-order valence-electron chi connectivity index (χ4n) is 3.00. The van der Waals surface area contributed by atoms with E-state index in [4.69, 9.17) is 4.74 Å². The molecule has 1 fully saturated rings. The van der Waals surface area contributed by atoms with Gasteiger partial charge in [0.15, 0.2) is 0 Å². The van der Waals surface area contributed by atoms with Crippen LogP contribution in [0.2, 0.25) is 0 Å². The Morgan fingerprint density at radius 2 is 2.29 bits per heavy atom. The number of halogens is 1. The number of rotatable bonds is 5. The molecule has 130 valence electrons. The Labute approximate surface area is 139 Å². The first-order chi connectivity index (χ1) is 11.5. The summed E-state index contributed by atoms with van der Waals surface area (Å²) in [6.07, 6.45) is 0. The van der Waals surface area contributed by atoms with Crippen LogP contribution in [0.1, 0.15) is 5.56 Å². The van der Waals surface area contributed by atoms with Crippen molar-refractivity contribution in [3.05, 3.63) is 46.0 Å². The van der Waals surface area contributed by atoms with E-state index in [0.29, 0.717) is 37.4 Å². The molecule has 2 heterocycles. The lowest BCUT2D eigenvalue weighted by atomic mass is 9.98. The van der Waals surface area contributed by atoms with Crippen molar-refractivity contribution in [1.82, 2.24) is 15.2 Å². The molecule has 0 bridgehead atoms. The number of hydrogen-bond acceptors (Lipinski definition) is 5. The number of nitrogens with zero attached hydrogens (tertiary/aromatic N) is 1. The van der Waals surface area contributed by atoms with Crippen LogP contribution in [0.25, 0.3) is 10.9 Å². The smallest absolute Gasteiger partial charge is 0.252 e. The van der Waals surface area contributed by atoms with E-state index in [1.54, 1.807) is 12.1 Å². The van der Waals surface area contributed by atoms with Crippen LogP contribution in [0.5, 0.6) is 0 Å². The number of morpholine rings is 1. The van der Waals surface area contributed by atoms with Gasteiger partial charge in [0.05, 0.1) is 30.9 Å². The number of benzene rings is 1. The first kappa shape index (κ1) is 17.0. The van der Waals surface area contributed by atoms with Gasteiger partial charge in [0.25, 0.3) is 5.56 Å². The highest BCUT2D eigenvalue weighted by atomic mass is 19.1. The Morgan fingerprint density at radius 1 is 1.46 bits per heavy atom. The molecule has 1 saturated heterocycles. The van der Waals surface area contributed by atoms with Crippen LogP contribution in [0.3, 0.4) is 0 Å². The number of aliphatic hydroxyl groups is 1. The minimum Gasteiger partial charge on any atom is -0.394 e. The fourth-order valence-corrected chi connectivity index (χ4v) is 3.00. The summed E-state index contributed by atoms with van der Waals surface area (Å²) < 4.78 is 18.7. The summed E-state index contributed by atoms with van der Waals surface area (Å²) in [5, 5.41) is 13.8. The number of aliphatic hydroxyl groups excluding tert-OH is 1. The van der Waals surface area contributed by atoms with E-state index in [2.05, 4.69) is 15.2 Å². The molecule has 1 atom stereocenters. The van der Waals surface area contributed by atoms with Crippen LogP contribution >= 0.6 is 0 Å². The van der Waals surface area contributed by atoms with E-state index in [9.17, 15) is 14.3 Å². The van der Waals surface area contributed by atoms with E-state index in [1.165, 1.54) is 12.1 Å². The van der Waals surface area contributed by atoms with E-state index in [1.807, 2.05) is 7.05 Å². The molecule has 0 aliphatic carbocycles. The number of likely N-dealkylation sites (N-methyl/N-ethyl adjacent to an activating group) is 1. The number of hydrogen-bond donors (Lipinski definition) is 3. The maximum absolute atomic E-state index is 13.2. The first-order valence-electron chi connectivity index (χ1n) is 7.96. The van der Waals surface area contributed by atoms with Crippen molar-refractivity contribution in [2.45, 2.75) is 12.1 Å². The van der Waals surface area contributed by atoms with E-state index in [-0.39, 0.29) is 18.0 Å². The van der Waals surface area contributed by atoms with Gasteiger partial charge in [-0.3, -0.25) is 9.69 Å². The summed E-state index contributed by atoms with van der Waals surface area (Å²) in [5.41, 5.74) is 0.329. The molecule has 3 N–H and O–H groups in total. The second-order valence-electron chi connectivity index (χ2n) is 6.32. The van der Waals surface area contributed by atoms with Gasteiger partial charge in [0, 0.05) is 25.2 Å². The summed E-state index contributed by atoms with van der Waals surface area (Å²) in [4.78, 5) is 16.9. The third-order valence-corrected chi connectivity index (χ3v) is 4.70. The SMILES string of the molecule is CN1CCOCC1(CO)CNCc1cc2ccc(F)cc2[nH]c1=O. The Hall–Kier alpha value is -1.80. The predicted octanol–water partition coefficient (Wildman–Crippen LogP) is 0.450. The minimum atomic E-state index is -0.481. The van der Waals surface area contributed by atoms with Gasteiger partial charge in [-0.2, -0.15) is 0 Å². The number of aromatic nitrogens is 1. The van der Waals surface area contributed by atoms with Crippen LogP contribution in [-0.4, -0.2) is 60.5 Å². The zero-order chi connectivity index (χ0) is 17.2. The standard InChI is InChI=1S/C17H22FN3O3/c1-21-4-5-24-11-17(21,10-22)9-19-8-13-6-12-2-3-14(18)7-15(12)20-16(13)23/h2-3,6-7,19,22H,4-5,8-11H2,1H3,(H,20,23). The largest absolute Gasteiger partial charge is 0.394 e. The zero-order valence-corrected chi connectivity index (χ0v) is 13.6. The fraction of sp³-hybridized carbons (Fsp3) is 0.471. The van der Waals surface area contributed by atoms with Crippen molar-refractivity contribution in [2.75, 3.05) is 40.0 Å². The summed E-state index contributed by atoms with van der Waals surface area (Å²) in [7, 11) is 1.96. The molecule has 1 unspecified atom stereocenters. The Kier molecular flexibility index (Phi) is 4.96. The Balaban J connectivity index is 1.72. The van der Waals surface area contributed by atoms with Gasteiger partial charge in [-0.1, -0.05) is 0 Å². The first-order valence-corrected chi connectivity index (χ1v) is 7.96. The monoisotopic (exact) mass is 335 g/mol. The molecule has 6 nitrogen and oxygen atoms in total. The van der Waals surface area contributed by atoms with Crippen LogP contribution in [0.15, 0.2) is 29.1 Å². The highest BCUT2D eigenvalue weighted by Crippen LogP contribution is 2.17. The Bertz CT molecular complexity index is 779. The molecule has 24 heavy (non-hydrogen) atoms. The number of pyridine rings is 1. The van der Waals surface area contributed by atoms with Crippen molar-refractivity contribution in [2.24, 2.45) is 0 Å². The maximum atomic E-state index is 13.2. The average molecular weight is 335 g/mol. The van der Waals surface area contributed by atoms with Crippen molar-refractivity contribution in [3.63, 3.8) is 0 Å². The van der Waals surface area contributed by atoms with Crippen molar-refractivity contribution in [1.29, 1.82) is 0 Å². The normalized spacial score (nSPS) is 22.1. The number of fused-ring (bicyclic) bond motifs is 1. The van der Waals surface area contributed by atoms with Gasteiger partial charge in [0.1, 0.15) is 5.82 Å². The van der Waals surface area contributed by atoms with E-state index < -0.39 is 5.54 Å². The Morgan fingerprint density at radius 3 is 3.04 bits per heavy atom. The molecular formula is C17H22FN3O3. The van der Waals surface area contributed by atoms with E-state index >= 15 is 0 Å². The summed E-state index contributed by atoms with van der Waals surface area (Å²) in [6, 6.07) is 6.07. The molecule has 1 aliphatic heterocycles. The lowest BCUT2D eigenvalue weighted by Gasteiger charge is -2.43. The topological polar surface area (TPSA) is 77.6 Å². The molecular weight excluding hydrogens is 313 g/mol. The number of H-pyrrole nitrogens is 1. The van der Waals surface area contributed by atoms with Gasteiger partial charge in [-0.15, -0.1) is 0 Å². The van der Waals surface area contributed by atoms with Crippen LogP contribution in [0, 0.1) is 5.82 Å². The molecule has 7 heteroatoms. The second-order valence-corrected chi connectivity index (χ2v) is 6.32. The average Bonchev–Trinajstić information content (AvgIpc) is 2.57. The molecule has 0 radical (unpaired) electrons. The van der Waals surface area contributed by atoms with Gasteiger partial charge < -0.3 is 20.1 Å². The maximum Gasteiger partial charge on any atom is 0.252 e.